The van der Waals surface area contributed by atoms with Crippen LogP contribution in [0.2, 0.25) is 0 Å². The molecule has 0 spiro atoms. The van der Waals surface area contributed by atoms with Crippen molar-refractivity contribution in [3.8, 4) is 0 Å². The van der Waals surface area contributed by atoms with Gasteiger partial charge < -0.3 is 9.88 Å². The number of amides is 1. The summed E-state index contributed by atoms with van der Waals surface area (Å²) in [6.07, 6.45) is 2.81. The summed E-state index contributed by atoms with van der Waals surface area (Å²) < 4.78 is 4.09. The number of para-hydroxylation sites is 1. The lowest BCUT2D eigenvalue weighted by atomic mass is 10.1. The molecule has 2 aromatic carbocycles. The summed E-state index contributed by atoms with van der Waals surface area (Å²) in [5.74, 6) is 0.951. The lowest BCUT2D eigenvalue weighted by Crippen LogP contribution is -2.26. The zero-order valence-electron chi connectivity index (χ0n) is 16.8. The van der Waals surface area contributed by atoms with Gasteiger partial charge in [0.05, 0.1) is 17.8 Å². The molecule has 1 aliphatic heterocycles. The molecule has 0 atom stereocenters. The molecular formula is C23H23N5OS. The number of aromatic nitrogens is 4. The summed E-state index contributed by atoms with van der Waals surface area (Å²) in [4.78, 5) is 17.5. The number of thioether (sulfide) groups is 1. The maximum absolute atomic E-state index is 12.9. The summed E-state index contributed by atoms with van der Waals surface area (Å²) in [5.41, 5.74) is 4.84. The van der Waals surface area contributed by atoms with Crippen molar-refractivity contribution >= 4 is 28.6 Å². The maximum Gasteiger partial charge on any atom is 0.272 e. The summed E-state index contributed by atoms with van der Waals surface area (Å²) in [6.45, 7) is 4.26. The van der Waals surface area contributed by atoms with Crippen molar-refractivity contribution in [1.82, 2.24) is 24.6 Å². The minimum Gasteiger partial charge on any atom is -0.350 e. The van der Waals surface area contributed by atoms with Crippen molar-refractivity contribution < 1.29 is 4.79 Å². The van der Waals surface area contributed by atoms with Gasteiger partial charge in [0, 0.05) is 36.8 Å². The molecular weight excluding hydrogens is 394 g/mol. The van der Waals surface area contributed by atoms with Gasteiger partial charge in [-0.25, -0.2) is 4.98 Å². The van der Waals surface area contributed by atoms with E-state index in [-0.39, 0.29) is 5.91 Å². The van der Waals surface area contributed by atoms with Crippen molar-refractivity contribution in [1.29, 1.82) is 0 Å². The van der Waals surface area contributed by atoms with Crippen molar-refractivity contribution in [3.05, 3.63) is 77.2 Å². The van der Waals surface area contributed by atoms with Gasteiger partial charge in [-0.2, -0.15) is 5.10 Å². The van der Waals surface area contributed by atoms with Gasteiger partial charge in [-0.15, -0.1) is 0 Å². The second kappa shape index (κ2) is 7.99. The average Bonchev–Trinajstić information content (AvgIpc) is 3.44. The molecule has 0 fully saturated rings. The van der Waals surface area contributed by atoms with Crippen LogP contribution in [0.15, 0.2) is 59.9 Å². The van der Waals surface area contributed by atoms with E-state index >= 15 is 0 Å². The van der Waals surface area contributed by atoms with E-state index in [1.807, 2.05) is 28.9 Å². The highest BCUT2D eigenvalue weighted by Gasteiger charge is 2.18. The average molecular weight is 418 g/mol. The lowest BCUT2D eigenvalue weighted by molar-refractivity contribution is 0.0950. The Hall–Kier alpha value is -3.06. The molecule has 0 bridgehead atoms. The Bertz CT molecular complexity index is 1190. The third-order valence-electron chi connectivity index (χ3n) is 5.35. The summed E-state index contributed by atoms with van der Waals surface area (Å²) in [7, 11) is 0. The molecule has 30 heavy (non-hydrogen) atoms. The van der Waals surface area contributed by atoms with Crippen LogP contribution in [0.1, 0.15) is 27.3 Å². The zero-order valence-corrected chi connectivity index (χ0v) is 17.7. The van der Waals surface area contributed by atoms with Crippen LogP contribution < -0.4 is 5.32 Å². The van der Waals surface area contributed by atoms with Gasteiger partial charge in [0.15, 0.2) is 10.9 Å². The number of hydrogen-bond donors (Lipinski definition) is 1. The number of hydrogen-bond acceptors (Lipinski definition) is 4. The minimum atomic E-state index is -0.144. The fraction of sp³-hybridized carbons (Fsp3) is 0.261. The highest BCUT2D eigenvalue weighted by Crippen LogP contribution is 2.24. The van der Waals surface area contributed by atoms with Gasteiger partial charge in [-0.3, -0.25) is 9.48 Å². The predicted molar refractivity (Wildman–Crippen MR) is 119 cm³/mol. The number of fused-ring (bicyclic) bond motifs is 2. The Kier molecular flexibility index (Phi) is 5.04. The molecule has 0 radical (unpaired) electrons. The molecule has 6 nitrogen and oxygen atoms in total. The van der Waals surface area contributed by atoms with E-state index in [1.54, 1.807) is 11.8 Å². The van der Waals surface area contributed by atoms with Crippen LogP contribution in [0.4, 0.5) is 0 Å². The number of benzene rings is 2. The highest BCUT2D eigenvalue weighted by atomic mass is 32.2. The molecule has 1 aliphatic rings. The van der Waals surface area contributed by atoms with E-state index in [2.05, 4.69) is 57.4 Å². The molecule has 2 aromatic heterocycles. The molecule has 3 heterocycles. The van der Waals surface area contributed by atoms with Gasteiger partial charge in [-0.05, 0) is 18.6 Å². The van der Waals surface area contributed by atoms with Crippen LogP contribution in [-0.2, 0) is 19.5 Å². The first-order valence-corrected chi connectivity index (χ1v) is 11.1. The highest BCUT2D eigenvalue weighted by molar-refractivity contribution is 7.99. The lowest BCUT2D eigenvalue weighted by Gasteiger charge is -2.04. The van der Waals surface area contributed by atoms with Gasteiger partial charge in [0.2, 0.25) is 0 Å². The molecule has 5 rings (SSSR count). The number of nitrogens with one attached hydrogen (secondary N) is 1. The fourth-order valence-corrected chi connectivity index (χ4v) is 4.71. The summed E-state index contributed by atoms with van der Waals surface area (Å²) in [6, 6.07) is 16.3. The van der Waals surface area contributed by atoms with Crippen LogP contribution in [-0.4, -0.2) is 37.5 Å². The number of carbonyl (C=O) groups excluding carboxylic acids is 1. The van der Waals surface area contributed by atoms with E-state index in [0.29, 0.717) is 25.2 Å². The number of imidazole rings is 1. The second-order valence-electron chi connectivity index (χ2n) is 7.57. The van der Waals surface area contributed by atoms with Crippen molar-refractivity contribution in [2.24, 2.45) is 0 Å². The van der Waals surface area contributed by atoms with E-state index in [1.165, 1.54) is 5.56 Å². The van der Waals surface area contributed by atoms with Crippen LogP contribution in [0.3, 0.4) is 0 Å². The summed E-state index contributed by atoms with van der Waals surface area (Å²) in [5, 5.41) is 9.63. The molecule has 4 aromatic rings. The first-order valence-electron chi connectivity index (χ1n) is 10.2. The Morgan fingerprint density at radius 2 is 2.00 bits per heavy atom. The maximum atomic E-state index is 12.9. The molecule has 0 unspecified atom stereocenters. The standard InChI is InChI=1S/C23H23N5OS/c1-16-6-8-17(9-7-16)14-28-20-5-3-2-4-19(20)21(26-28)22(29)24-11-10-18-15-27-12-13-30-23(27)25-18/h2-9,15H,10-14H2,1H3,(H,24,29). The van der Waals surface area contributed by atoms with Crippen LogP contribution >= 0.6 is 11.8 Å². The van der Waals surface area contributed by atoms with Crippen LogP contribution in [0.5, 0.6) is 0 Å². The van der Waals surface area contributed by atoms with Crippen molar-refractivity contribution in [2.45, 2.75) is 31.6 Å². The van der Waals surface area contributed by atoms with Gasteiger partial charge in [-0.1, -0.05) is 59.8 Å². The van der Waals surface area contributed by atoms with E-state index in [0.717, 1.165) is 39.6 Å². The molecule has 1 amide bonds. The van der Waals surface area contributed by atoms with Crippen molar-refractivity contribution in [3.63, 3.8) is 0 Å². The third kappa shape index (κ3) is 3.73. The van der Waals surface area contributed by atoms with Gasteiger partial charge in [0.25, 0.3) is 5.91 Å². The van der Waals surface area contributed by atoms with E-state index < -0.39 is 0 Å². The molecule has 0 saturated carbocycles. The first kappa shape index (κ1) is 18.9. The van der Waals surface area contributed by atoms with Crippen molar-refractivity contribution in [2.75, 3.05) is 12.3 Å². The van der Waals surface area contributed by atoms with E-state index in [9.17, 15) is 4.79 Å². The molecule has 0 saturated heterocycles. The largest absolute Gasteiger partial charge is 0.350 e. The SMILES string of the molecule is Cc1ccc(Cn2nc(C(=O)NCCc3cn4c(n3)SCC4)c3ccccc32)cc1. The second-order valence-corrected chi connectivity index (χ2v) is 8.63. The first-order chi connectivity index (χ1) is 14.7. The number of aryl methyl sites for hydroxylation is 2. The smallest absolute Gasteiger partial charge is 0.272 e. The molecule has 7 heteroatoms. The quantitative estimate of drug-likeness (QED) is 0.520. The normalized spacial score (nSPS) is 13.0. The Morgan fingerprint density at radius 1 is 1.17 bits per heavy atom. The van der Waals surface area contributed by atoms with E-state index in [4.69, 9.17) is 0 Å². The van der Waals surface area contributed by atoms with Crippen LogP contribution in [0, 0.1) is 6.92 Å². The fourth-order valence-electron chi connectivity index (χ4n) is 3.75. The number of rotatable bonds is 6. The topological polar surface area (TPSA) is 64.7 Å². The molecule has 1 N–H and O–H groups in total. The Morgan fingerprint density at radius 3 is 2.83 bits per heavy atom. The van der Waals surface area contributed by atoms with Crippen LogP contribution in [0.25, 0.3) is 10.9 Å². The molecule has 152 valence electrons. The van der Waals surface area contributed by atoms with Gasteiger partial charge in [0.1, 0.15) is 0 Å². The molecule has 0 aliphatic carbocycles. The Labute approximate surface area is 179 Å². The third-order valence-corrected chi connectivity index (χ3v) is 6.32. The number of carbonyl (C=O) groups is 1. The Balaban J connectivity index is 1.31. The summed E-state index contributed by atoms with van der Waals surface area (Å²) >= 11 is 1.78. The minimum absolute atomic E-state index is 0.144. The predicted octanol–water partition coefficient (Wildman–Crippen LogP) is 3.67. The monoisotopic (exact) mass is 417 g/mol. The van der Waals surface area contributed by atoms with Gasteiger partial charge >= 0.3 is 0 Å². The zero-order chi connectivity index (χ0) is 20.5. The number of nitrogens with zero attached hydrogens (tertiary/aromatic N) is 4.